The Bertz CT molecular complexity index is 661. The third kappa shape index (κ3) is 5.53. The van der Waals surface area contributed by atoms with Gasteiger partial charge in [0.05, 0.1) is 32.4 Å². The van der Waals surface area contributed by atoms with Gasteiger partial charge in [0.25, 0.3) is 0 Å². The minimum atomic E-state index is -1.43. The van der Waals surface area contributed by atoms with E-state index in [1.807, 2.05) is 60.7 Å². The molecule has 27 heavy (non-hydrogen) atoms. The van der Waals surface area contributed by atoms with Crippen LogP contribution >= 0.6 is 0 Å². The van der Waals surface area contributed by atoms with E-state index < -0.39 is 5.60 Å². The zero-order valence-corrected chi connectivity index (χ0v) is 18.6. The fourth-order valence-corrected chi connectivity index (χ4v) is 3.33. The summed E-state index contributed by atoms with van der Waals surface area (Å²) >= 11 is 0. The molecule has 0 unspecified atom stereocenters. The molecule has 0 aliphatic heterocycles. The standard InChI is InChI=1S/C22H30N2O2.HI/c1-4-24(3,5-2)18-12-17-21(23-26)22(25,19-13-8-6-9-14-19)20-15-10-7-11-16-20;/h6-11,13-16,25H,4-5,12,17-18H2,1-3H3;1H/b23-21-;. The quantitative estimate of drug-likeness (QED) is 0.185. The number of oxime groups is 1. The summed E-state index contributed by atoms with van der Waals surface area (Å²) < 4.78 is 0.966. The summed E-state index contributed by atoms with van der Waals surface area (Å²) in [5.74, 6) is 0. The van der Waals surface area contributed by atoms with Gasteiger partial charge in [-0.3, -0.25) is 0 Å². The van der Waals surface area contributed by atoms with E-state index in [0.29, 0.717) is 23.3 Å². The Labute approximate surface area is 180 Å². The molecule has 5 heteroatoms. The summed E-state index contributed by atoms with van der Waals surface area (Å²) in [6, 6.07) is 18.9. The molecule has 2 N–H and O–H groups in total. The molecule has 0 saturated carbocycles. The molecule has 0 saturated heterocycles. The van der Waals surface area contributed by atoms with E-state index in [1.165, 1.54) is 0 Å². The number of nitrogens with zero attached hydrogens (tertiary/aromatic N) is 2. The van der Waals surface area contributed by atoms with Gasteiger partial charge in [-0.05, 0) is 31.4 Å². The highest BCUT2D eigenvalue weighted by atomic mass is 127. The fourth-order valence-electron chi connectivity index (χ4n) is 3.33. The van der Waals surface area contributed by atoms with Crippen LogP contribution in [0.1, 0.15) is 37.8 Å². The first-order valence-corrected chi connectivity index (χ1v) is 9.38. The van der Waals surface area contributed by atoms with Crippen molar-refractivity contribution in [2.24, 2.45) is 5.16 Å². The van der Waals surface area contributed by atoms with Crippen LogP contribution in [0.2, 0.25) is 0 Å². The van der Waals surface area contributed by atoms with Crippen molar-refractivity contribution in [3.63, 3.8) is 0 Å². The molecule has 2 aromatic carbocycles. The van der Waals surface area contributed by atoms with Gasteiger partial charge in [0.15, 0.2) is 5.60 Å². The normalized spacial score (nSPS) is 12.5. The third-order valence-corrected chi connectivity index (χ3v) is 5.56. The van der Waals surface area contributed by atoms with Crippen LogP contribution < -0.4 is 24.0 Å². The maximum absolute atomic E-state index is 11.7. The molecular weight excluding hydrogens is 451 g/mol. The monoisotopic (exact) mass is 482 g/mol. The Kier molecular flexibility index (Phi) is 9.42. The average Bonchev–Trinajstić information content (AvgIpc) is 2.71. The molecule has 4 nitrogen and oxygen atoms in total. The number of benzene rings is 2. The Morgan fingerprint density at radius 2 is 1.37 bits per heavy atom. The van der Waals surface area contributed by atoms with E-state index in [9.17, 15) is 10.3 Å². The molecule has 0 radical (unpaired) electrons. The summed E-state index contributed by atoms with van der Waals surface area (Å²) in [6.07, 6.45) is 1.38. The van der Waals surface area contributed by atoms with E-state index in [4.69, 9.17) is 0 Å². The van der Waals surface area contributed by atoms with Crippen molar-refractivity contribution in [1.82, 2.24) is 0 Å². The number of aliphatic hydroxyl groups is 1. The van der Waals surface area contributed by atoms with Gasteiger partial charge in [0, 0.05) is 6.42 Å². The van der Waals surface area contributed by atoms with Crippen molar-refractivity contribution in [1.29, 1.82) is 0 Å². The minimum absolute atomic E-state index is 0. The van der Waals surface area contributed by atoms with Gasteiger partial charge in [-0.1, -0.05) is 65.8 Å². The van der Waals surface area contributed by atoms with Crippen molar-refractivity contribution in [2.45, 2.75) is 32.3 Å². The van der Waals surface area contributed by atoms with Gasteiger partial charge in [-0.25, -0.2) is 0 Å². The highest BCUT2D eigenvalue weighted by Gasteiger charge is 2.37. The largest absolute Gasteiger partial charge is 1.00 e. The molecule has 0 aliphatic rings. The first kappa shape index (κ1) is 23.6. The second kappa shape index (κ2) is 10.8. The molecule has 0 aliphatic carbocycles. The SMILES string of the molecule is CC[N+](C)(CC)CCC/C(=N/O)C(O)(c1ccccc1)c1ccccc1.[I-]. The predicted octanol–water partition coefficient (Wildman–Crippen LogP) is 1.02. The van der Waals surface area contributed by atoms with E-state index in [2.05, 4.69) is 26.1 Å². The van der Waals surface area contributed by atoms with Crippen LogP contribution in [-0.2, 0) is 5.60 Å². The molecule has 2 aromatic rings. The van der Waals surface area contributed by atoms with Gasteiger partial charge < -0.3 is 38.8 Å². The Hall–Kier alpha value is -1.44. The van der Waals surface area contributed by atoms with Crippen LogP contribution in [0.4, 0.5) is 0 Å². The first-order chi connectivity index (χ1) is 12.5. The van der Waals surface area contributed by atoms with Gasteiger partial charge in [0.1, 0.15) is 0 Å². The Morgan fingerprint density at radius 3 is 1.74 bits per heavy atom. The van der Waals surface area contributed by atoms with E-state index in [0.717, 1.165) is 30.5 Å². The smallest absolute Gasteiger partial charge is 0.156 e. The summed E-state index contributed by atoms with van der Waals surface area (Å²) in [4.78, 5) is 0. The molecule has 0 fully saturated rings. The number of quaternary nitrogens is 1. The number of hydrogen-bond acceptors (Lipinski definition) is 3. The lowest BCUT2D eigenvalue weighted by molar-refractivity contribution is -0.906. The first-order valence-electron chi connectivity index (χ1n) is 9.38. The van der Waals surface area contributed by atoms with Crippen LogP contribution in [0.5, 0.6) is 0 Å². The Balaban J connectivity index is 0.00000364. The highest BCUT2D eigenvalue weighted by Crippen LogP contribution is 2.33. The van der Waals surface area contributed by atoms with Crippen molar-refractivity contribution in [3.05, 3.63) is 71.8 Å². The second-order valence-electron chi connectivity index (χ2n) is 7.07. The van der Waals surface area contributed by atoms with Crippen LogP contribution in [0, 0.1) is 0 Å². The fraction of sp³-hybridized carbons (Fsp3) is 0.409. The summed E-state index contributed by atoms with van der Waals surface area (Å²) in [7, 11) is 2.23. The zero-order chi connectivity index (χ0) is 19.0. The zero-order valence-electron chi connectivity index (χ0n) is 16.5. The molecule has 0 amide bonds. The van der Waals surface area contributed by atoms with Gasteiger partial charge in [-0.2, -0.15) is 0 Å². The van der Waals surface area contributed by atoms with Crippen LogP contribution in [-0.4, -0.2) is 47.2 Å². The van der Waals surface area contributed by atoms with Crippen LogP contribution in [0.15, 0.2) is 65.8 Å². The molecule has 0 bridgehead atoms. The summed E-state index contributed by atoms with van der Waals surface area (Å²) in [6.45, 7) is 7.47. The molecule has 0 atom stereocenters. The number of hydrogen-bond donors (Lipinski definition) is 2. The number of halogens is 1. The van der Waals surface area contributed by atoms with Gasteiger partial charge in [0.2, 0.25) is 0 Å². The summed E-state index contributed by atoms with van der Waals surface area (Å²) in [5, 5.41) is 25.0. The lowest BCUT2D eigenvalue weighted by Crippen LogP contribution is -3.00. The summed E-state index contributed by atoms with van der Waals surface area (Å²) in [5.41, 5.74) is 0.372. The van der Waals surface area contributed by atoms with E-state index in [1.54, 1.807) is 0 Å². The van der Waals surface area contributed by atoms with Crippen molar-refractivity contribution >= 4 is 5.71 Å². The molecule has 0 aromatic heterocycles. The molecule has 148 valence electrons. The van der Waals surface area contributed by atoms with E-state index in [-0.39, 0.29) is 24.0 Å². The van der Waals surface area contributed by atoms with Crippen molar-refractivity contribution < 1.29 is 38.8 Å². The van der Waals surface area contributed by atoms with Crippen LogP contribution in [0.25, 0.3) is 0 Å². The molecular formula is C22H31IN2O2. The highest BCUT2D eigenvalue weighted by molar-refractivity contribution is 5.96. The average molecular weight is 482 g/mol. The lowest BCUT2D eigenvalue weighted by Gasteiger charge is -2.33. The molecule has 0 spiro atoms. The third-order valence-electron chi connectivity index (χ3n) is 5.56. The maximum Gasteiger partial charge on any atom is 0.156 e. The van der Waals surface area contributed by atoms with Crippen molar-refractivity contribution in [2.75, 3.05) is 26.7 Å². The van der Waals surface area contributed by atoms with Gasteiger partial charge >= 0.3 is 0 Å². The van der Waals surface area contributed by atoms with E-state index >= 15 is 0 Å². The Morgan fingerprint density at radius 1 is 0.926 bits per heavy atom. The minimum Gasteiger partial charge on any atom is -1.00 e. The van der Waals surface area contributed by atoms with Gasteiger partial charge in [-0.15, -0.1) is 0 Å². The maximum atomic E-state index is 11.7. The molecule has 2 rings (SSSR count). The number of rotatable bonds is 9. The predicted molar refractivity (Wildman–Crippen MR) is 106 cm³/mol. The second-order valence-corrected chi connectivity index (χ2v) is 7.07. The molecule has 0 heterocycles. The lowest BCUT2D eigenvalue weighted by atomic mass is 9.80. The topological polar surface area (TPSA) is 52.8 Å². The van der Waals surface area contributed by atoms with Crippen LogP contribution in [0.3, 0.4) is 0 Å². The van der Waals surface area contributed by atoms with Crippen molar-refractivity contribution in [3.8, 4) is 0 Å².